The van der Waals surface area contributed by atoms with Gasteiger partial charge in [0.2, 0.25) is 12.7 Å². The standard InChI is InChI=1S/C19H15ClF3NO3/c1-24(10-13-4-2-3-5-14(13)19(21,22)23)17(25)7-6-12-8-15(20)18-16(9-12)26-11-27-18/h2-9H,10-11H2,1H3/b7-6+. The van der Waals surface area contributed by atoms with E-state index in [4.69, 9.17) is 21.1 Å². The molecular weight excluding hydrogens is 383 g/mol. The van der Waals surface area contributed by atoms with Crippen LogP contribution >= 0.6 is 11.6 Å². The van der Waals surface area contributed by atoms with E-state index in [1.165, 1.54) is 42.3 Å². The summed E-state index contributed by atoms with van der Waals surface area (Å²) in [5.74, 6) is 0.476. The summed E-state index contributed by atoms with van der Waals surface area (Å²) in [4.78, 5) is 13.5. The number of rotatable bonds is 4. The maximum Gasteiger partial charge on any atom is 0.416 e. The van der Waals surface area contributed by atoms with E-state index in [1.54, 1.807) is 12.1 Å². The predicted octanol–water partition coefficient (Wildman–Crippen LogP) is 4.76. The minimum Gasteiger partial charge on any atom is -0.454 e. The number of ether oxygens (including phenoxy) is 2. The molecular formula is C19H15ClF3NO3. The third-order valence-electron chi connectivity index (χ3n) is 3.97. The number of fused-ring (bicyclic) bond motifs is 1. The molecule has 0 spiro atoms. The van der Waals surface area contributed by atoms with Crippen LogP contribution in [0, 0.1) is 0 Å². The van der Waals surface area contributed by atoms with E-state index in [0.29, 0.717) is 22.1 Å². The maximum atomic E-state index is 13.1. The van der Waals surface area contributed by atoms with Gasteiger partial charge in [-0.05, 0) is 35.4 Å². The molecule has 4 nitrogen and oxygen atoms in total. The van der Waals surface area contributed by atoms with Crippen LogP contribution in [0.4, 0.5) is 13.2 Å². The summed E-state index contributed by atoms with van der Waals surface area (Å²) in [7, 11) is 1.44. The number of carbonyl (C=O) groups excluding carboxylic acids is 1. The van der Waals surface area contributed by atoms with Crippen LogP contribution in [0.3, 0.4) is 0 Å². The van der Waals surface area contributed by atoms with Gasteiger partial charge in [0.1, 0.15) is 0 Å². The van der Waals surface area contributed by atoms with Crippen LogP contribution in [-0.4, -0.2) is 24.6 Å². The Morgan fingerprint density at radius 3 is 2.74 bits per heavy atom. The fraction of sp³-hybridized carbons (Fsp3) is 0.211. The monoisotopic (exact) mass is 397 g/mol. The fourth-order valence-corrected chi connectivity index (χ4v) is 2.92. The van der Waals surface area contributed by atoms with Crippen molar-refractivity contribution in [1.82, 2.24) is 4.90 Å². The Balaban J connectivity index is 1.72. The van der Waals surface area contributed by atoms with Gasteiger partial charge < -0.3 is 14.4 Å². The Hall–Kier alpha value is -2.67. The molecule has 2 aromatic rings. The molecule has 0 N–H and O–H groups in total. The van der Waals surface area contributed by atoms with Gasteiger partial charge in [-0.25, -0.2) is 0 Å². The van der Waals surface area contributed by atoms with Gasteiger partial charge in [0.05, 0.1) is 10.6 Å². The van der Waals surface area contributed by atoms with Crippen molar-refractivity contribution in [2.24, 2.45) is 0 Å². The van der Waals surface area contributed by atoms with Gasteiger partial charge in [0.25, 0.3) is 0 Å². The van der Waals surface area contributed by atoms with E-state index in [1.807, 2.05) is 0 Å². The molecule has 1 aliphatic rings. The van der Waals surface area contributed by atoms with E-state index in [9.17, 15) is 18.0 Å². The molecule has 0 saturated carbocycles. The van der Waals surface area contributed by atoms with Crippen molar-refractivity contribution in [1.29, 1.82) is 0 Å². The lowest BCUT2D eigenvalue weighted by Crippen LogP contribution is -2.25. The number of halogens is 4. The lowest BCUT2D eigenvalue weighted by Gasteiger charge is -2.19. The van der Waals surface area contributed by atoms with E-state index in [0.717, 1.165) is 6.07 Å². The van der Waals surface area contributed by atoms with Gasteiger partial charge in [-0.15, -0.1) is 0 Å². The highest BCUT2D eigenvalue weighted by molar-refractivity contribution is 6.32. The van der Waals surface area contributed by atoms with E-state index in [-0.39, 0.29) is 18.9 Å². The Kier molecular flexibility index (Phi) is 5.32. The largest absolute Gasteiger partial charge is 0.454 e. The molecule has 1 aliphatic heterocycles. The smallest absolute Gasteiger partial charge is 0.416 e. The topological polar surface area (TPSA) is 38.8 Å². The molecule has 0 saturated heterocycles. The number of hydrogen-bond donors (Lipinski definition) is 0. The number of carbonyl (C=O) groups is 1. The van der Waals surface area contributed by atoms with Gasteiger partial charge in [-0.3, -0.25) is 4.79 Å². The van der Waals surface area contributed by atoms with E-state index < -0.39 is 17.6 Å². The number of amides is 1. The summed E-state index contributed by atoms with van der Waals surface area (Å²) < 4.78 is 49.7. The second-order valence-corrected chi connectivity index (χ2v) is 6.33. The zero-order valence-electron chi connectivity index (χ0n) is 14.2. The molecule has 8 heteroatoms. The molecule has 142 valence electrons. The third-order valence-corrected chi connectivity index (χ3v) is 4.26. The Bertz CT molecular complexity index is 896. The van der Waals surface area contributed by atoms with Crippen molar-refractivity contribution >= 4 is 23.6 Å². The van der Waals surface area contributed by atoms with Crippen molar-refractivity contribution in [2.75, 3.05) is 13.8 Å². The number of hydrogen-bond acceptors (Lipinski definition) is 3. The summed E-state index contributed by atoms with van der Waals surface area (Å²) >= 11 is 6.08. The van der Waals surface area contributed by atoms with Gasteiger partial charge in [-0.2, -0.15) is 13.2 Å². The molecule has 2 aromatic carbocycles. The van der Waals surface area contributed by atoms with Gasteiger partial charge in [-0.1, -0.05) is 29.8 Å². The molecule has 0 unspecified atom stereocenters. The lowest BCUT2D eigenvalue weighted by molar-refractivity contribution is -0.139. The van der Waals surface area contributed by atoms with Crippen LogP contribution in [0.5, 0.6) is 11.5 Å². The molecule has 0 fully saturated rings. The zero-order chi connectivity index (χ0) is 19.6. The second kappa shape index (κ2) is 7.52. The first-order valence-corrected chi connectivity index (χ1v) is 8.31. The van der Waals surface area contributed by atoms with Crippen LogP contribution < -0.4 is 9.47 Å². The predicted molar refractivity (Wildman–Crippen MR) is 94.5 cm³/mol. The second-order valence-electron chi connectivity index (χ2n) is 5.92. The number of nitrogens with zero attached hydrogens (tertiary/aromatic N) is 1. The number of likely N-dealkylation sites (N-methyl/N-ethyl adjacent to an activating group) is 1. The first kappa shape index (κ1) is 19.1. The highest BCUT2D eigenvalue weighted by atomic mass is 35.5. The Labute approximate surface area is 158 Å². The molecule has 1 amide bonds. The van der Waals surface area contributed by atoms with Crippen molar-refractivity contribution in [3.05, 3.63) is 64.2 Å². The van der Waals surface area contributed by atoms with Crippen molar-refractivity contribution in [3.63, 3.8) is 0 Å². The Morgan fingerprint density at radius 1 is 1.26 bits per heavy atom. The van der Waals surface area contributed by atoms with Gasteiger partial charge >= 0.3 is 6.18 Å². The highest BCUT2D eigenvalue weighted by Gasteiger charge is 2.33. The average Bonchev–Trinajstić information content (AvgIpc) is 3.08. The van der Waals surface area contributed by atoms with Crippen molar-refractivity contribution in [3.8, 4) is 11.5 Å². The molecule has 0 aromatic heterocycles. The van der Waals surface area contributed by atoms with Crippen LogP contribution in [0.15, 0.2) is 42.5 Å². The van der Waals surface area contributed by atoms with Crippen LogP contribution in [0.2, 0.25) is 5.02 Å². The fourth-order valence-electron chi connectivity index (χ4n) is 2.65. The molecule has 27 heavy (non-hydrogen) atoms. The summed E-state index contributed by atoms with van der Waals surface area (Å²) in [5.41, 5.74) is -0.113. The van der Waals surface area contributed by atoms with Crippen LogP contribution in [0.25, 0.3) is 6.08 Å². The zero-order valence-corrected chi connectivity index (χ0v) is 15.0. The van der Waals surface area contributed by atoms with Crippen LogP contribution in [-0.2, 0) is 17.5 Å². The minimum atomic E-state index is -4.47. The molecule has 0 atom stereocenters. The summed E-state index contributed by atoms with van der Waals surface area (Å²) in [6.07, 6.45) is -1.69. The van der Waals surface area contributed by atoms with Gasteiger partial charge in [0.15, 0.2) is 11.5 Å². The highest BCUT2D eigenvalue weighted by Crippen LogP contribution is 2.40. The summed E-state index contributed by atoms with van der Waals surface area (Å²) in [6, 6.07) is 8.45. The number of benzene rings is 2. The average molecular weight is 398 g/mol. The molecule has 0 radical (unpaired) electrons. The summed E-state index contributed by atoms with van der Waals surface area (Å²) in [5, 5.41) is 0.351. The normalized spacial score (nSPS) is 13.2. The molecule has 3 rings (SSSR count). The molecule has 1 heterocycles. The van der Waals surface area contributed by atoms with Crippen molar-refractivity contribution in [2.45, 2.75) is 12.7 Å². The van der Waals surface area contributed by atoms with Gasteiger partial charge in [0, 0.05) is 19.7 Å². The number of alkyl halides is 3. The SMILES string of the molecule is CN(Cc1ccccc1C(F)(F)F)C(=O)/C=C/c1cc(Cl)c2c(c1)OCO2. The first-order chi connectivity index (χ1) is 12.8. The minimum absolute atomic E-state index is 0.0281. The third kappa shape index (κ3) is 4.36. The van der Waals surface area contributed by atoms with E-state index >= 15 is 0 Å². The first-order valence-electron chi connectivity index (χ1n) is 7.93. The molecule has 0 aliphatic carbocycles. The Morgan fingerprint density at radius 2 is 2.00 bits per heavy atom. The van der Waals surface area contributed by atoms with Crippen LogP contribution in [0.1, 0.15) is 16.7 Å². The quantitative estimate of drug-likeness (QED) is 0.698. The lowest BCUT2D eigenvalue weighted by atomic mass is 10.1. The van der Waals surface area contributed by atoms with E-state index in [2.05, 4.69) is 0 Å². The molecule has 0 bridgehead atoms. The maximum absolute atomic E-state index is 13.1. The summed E-state index contributed by atoms with van der Waals surface area (Å²) in [6.45, 7) is -0.0940. The van der Waals surface area contributed by atoms with Crippen molar-refractivity contribution < 1.29 is 27.4 Å².